The van der Waals surface area contributed by atoms with Gasteiger partial charge in [0.2, 0.25) is 0 Å². The standard InChI is InChI=1S/C12H16F2N2OS/c13-9-1-2-10(14)8(5-9)6-11(16-15)12-7-18-4-3-17-12/h1-2,5,11-12,16H,3-4,6-7,15H2. The quantitative estimate of drug-likeness (QED) is 0.645. The third-order valence-electron chi connectivity index (χ3n) is 2.95. The Hall–Kier alpha value is -0.690. The van der Waals surface area contributed by atoms with Gasteiger partial charge in [0, 0.05) is 11.5 Å². The molecule has 1 aliphatic rings. The molecule has 2 rings (SSSR count). The first-order chi connectivity index (χ1) is 8.70. The largest absolute Gasteiger partial charge is 0.375 e. The molecule has 100 valence electrons. The summed E-state index contributed by atoms with van der Waals surface area (Å²) in [5, 5.41) is 0. The fourth-order valence-electron chi connectivity index (χ4n) is 1.97. The van der Waals surface area contributed by atoms with Gasteiger partial charge in [0.1, 0.15) is 11.6 Å². The van der Waals surface area contributed by atoms with Crippen molar-refractivity contribution in [2.24, 2.45) is 5.84 Å². The Morgan fingerprint density at radius 1 is 1.50 bits per heavy atom. The van der Waals surface area contributed by atoms with Gasteiger partial charge in [0.25, 0.3) is 0 Å². The first kappa shape index (κ1) is 13.7. The van der Waals surface area contributed by atoms with Gasteiger partial charge < -0.3 is 4.74 Å². The van der Waals surface area contributed by atoms with Crippen molar-refractivity contribution in [2.45, 2.75) is 18.6 Å². The summed E-state index contributed by atoms with van der Waals surface area (Å²) >= 11 is 1.78. The number of rotatable bonds is 4. The van der Waals surface area contributed by atoms with Crippen LogP contribution < -0.4 is 11.3 Å². The molecule has 0 saturated carbocycles. The second-order valence-corrected chi connectivity index (χ2v) is 5.35. The van der Waals surface area contributed by atoms with Crippen molar-refractivity contribution in [2.75, 3.05) is 18.1 Å². The van der Waals surface area contributed by atoms with E-state index in [0.717, 1.165) is 23.6 Å². The van der Waals surface area contributed by atoms with Crippen molar-refractivity contribution in [1.29, 1.82) is 0 Å². The summed E-state index contributed by atoms with van der Waals surface area (Å²) in [5.74, 6) is 6.40. The highest BCUT2D eigenvalue weighted by molar-refractivity contribution is 7.99. The van der Waals surface area contributed by atoms with Gasteiger partial charge in [-0.25, -0.2) is 8.78 Å². The van der Waals surface area contributed by atoms with E-state index in [9.17, 15) is 8.78 Å². The van der Waals surface area contributed by atoms with E-state index in [-0.39, 0.29) is 12.1 Å². The normalized spacial score (nSPS) is 21.8. The fourth-order valence-corrected chi connectivity index (χ4v) is 2.91. The number of hydrogen-bond donors (Lipinski definition) is 2. The maximum absolute atomic E-state index is 13.6. The van der Waals surface area contributed by atoms with Crippen molar-refractivity contribution < 1.29 is 13.5 Å². The van der Waals surface area contributed by atoms with Crippen molar-refractivity contribution in [1.82, 2.24) is 5.43 Å². The average molecular weight is 274 g/mol. The molecular formula is C12H16F2N2OS. The number of halogens is 2. The van der Waals surface area contributed by atoms with E-state index in [1.807, 2.05) is 0 Å². The first-order valence-electron chi connectivity index (χ1n) is 5.80. The Bertz CT molecular complexity index is 400. The van der Waals surface area contributed by atoms with Crippen LogP contribution in [0.15, 0.2) is 18.2 Å². The van der Waals surface area contributed by atoms with Crippen LogP contribution in [-0.2, 0) is 11.2 Å². The van der Waals surface area contributed by atoms with Crippen LogP contribution in [0, 0.1) is 11.6 Å². The fraction of sp³-hybridized carbons (Fsp3) is 0.500. The van der Waals surface area contributed by atoms with Crippen LogP contribution >= 0.6 is 11.8 Å². The minimum atomic E-state index is -0.443. The maximum atomic E-state index is 13.6. The Balaban J connectivity index is 2.06. The zero-order valence-corrected chi connectivity index (χ0v) is 10.7. The van der Waals surface area contributed by atoms with Crippen LogP contribution in [0.5, 0.6) is 0 Å². The molecule has 1 fully saturated rings. The topological polar surface area (TPSA) is 47.3 Å². The number of benzene rings is 1. The molecule has 2 unspecified atom stereocenters. The molecule has 0 radical (unpaired) electrons. The molecule has 0 spiro atoms. The Labute approximate surface area is 109 Å². The highest BCUT2D eigenvalue weighted by Crippen LogP contribution is 2.19. The number of hydrazine groups is 1. The van der Waals surface area contributed by atoms with Gasteiger partial charge in [-0.2, -0.15) is 11.8 Å². The molecule has 3 N–H and O–H groups in total. The van der Waals surface area contributed by atoms with Crippen LogP contribution in [0.25, 0.3) is 0 Å². The summed E-state index contributed by atoms with van der Waals surface area (Å²) < 4.78 is 32.2. The molecule has 1 aromatic rings. The van der Waals surface area contributed by atoms with E-state index in [2.05, 4.69) is 5.43 Å². The molecule has 1 aromatic carbocycles. The van der Waals surface area contributed by atoms with Crippen LogP contribution in [0.2, 0.25) is 0 Å². The van der Waals surface area contributed by atoms with Crippen molar-refractivity contribution in [3.8, 4) is 0 Å². The molecule has 3 nitrogen and oxygen atoms in total. The molecule has 0 amide bonds. The molecule has 2 atom stereocenters. The lowest BCUT2D eigenvalue weighted by Gasteiger charge is -2.29. The Morgan fingerprint density at radius 3 is 3.00 bits per heavy atom. The third-order valence-corrected chi connectivity index (χ3v) is 3.97. The van der Waals surface area contributed by atoms with E-state index in [1.165, 1.54) is 6.07 Å². The predicted octanol–water partition coefficient (Wildman–Crippen LogP) is 1.47. The van der Waals surface area contributed by atoms with E-state index < -0.39 is 11.6 Å². The van der Waals surface area contributed by atoms with Crippen molar-refractivity contribution in [3.63, 3.8) is 0 Å². The van der Waals surface area contributed by atoms with Crippen LogP contribution in [-0.4, -0.2) is 30.3 Å². The number of hydrogen-bond acceptors (Lipinski definition) is 4. The first-order valence-corrected chi connectivity index (χ1v) is 6.95. The minimum absolute atomic E-state index is 0.0728. The average Bonchev–Trinajstić information content (AvgIpc) is 2.41. The lowest BCUT2D eigenvalue weighted by molar-refractivity contribution is 0.0470. The lowest BCUT2D eigenvalue weighted by Crippen LogP contribution is -2.49. The van der Waals surface area contributed by atoms with Crippen LogP contribution in [0.3, 0.4) is 0 Å². The van der Waals surface area contributed by atoms with Gasteiger partial charge in [0.15, 0.2) is 0 Å². The van der Waals surface area contributed by atoms with E-state index in [1.54, 1.807) is 11.8 Å². The smallest absolute Gasteiger partial charge is 0.126 e. The Morgan fingerprint density at radius 2 is 2.33 bits per heavy atom. The van der Waals surface area contributed by atoms with E-state index in [0.29, 0.717) is 18.6 Å². The SMILES string of the molecule is NNC(Cc1cc(F)ccc1F)C1CSCCO1. The molecule has 0 bridgehead atoms. The zero-order valence-electron chi connectivity index (χ0n) is 9.86. The van der Waals surface area contributed by atoms with Crippen molar-refractivity contribution in [3.05, 3.63) is 35.4 Å². The number of nitrogens with one attached hydrogen (secondary N) is 1. The third kappa shape index (κ3) is 3.41. The van der Waals surface area contributed by atoms with Gasteiger partial charge in [-0.05, 0) is 30.2 Å². The van der Waals surface area contributed by atoms with E-state index in [4.69, 9.17) is 10.6 Å². The molecule has 18 heavy (non-hydrogen) atoms. The summed E-state index contributed by atoms with van der Waals surface area (Å²) in [5.41, 5.74) is 2.96. The monoisotopic (exact) mass is 274 g/mol. The molecule has 1 heterocycles. The van der Waals surface area contributed by atoms with Gasteiger partial charge >= 0.3 is 0 Å². The van der Waals surface area contributed by atoms with Gasteiger partial charge in [-0.3, -0.25) is 11.3 Å². The predicted molar refractivity (Wildman–Crippen MR) is 68.2 cm³/mol. The van der Waals surface area contributed by atoms with Gasteiger partial charge in [0.05, 0.1) is 18.8 Å². The van der Waals surface area contributed by atoms with Gasteiger partial charge in [-0.1, -0.05) is 0 Å². The number of thioether (sulfide) groups is 1. The molecule has 6 heteroatoms. The van der Waals surface area contributed by atoms with Crippen LogP contribution in [0.4, 0.5) is 8.78 Å². The van der Waals surface area contributed by atoms with Crippen LogP contribution in [0.1, 0.15) is 5.56 Å². The second kappa shape index (κ2) is 6.47. The second-order valence-electron chi connectivity index (χ2n) is 4.20. The molecule has 0 aliphatic carbocycles. The van der Waals surface area contributed by atoms with E-state index >= 15 is 0 Å². The summed E-state index contributed by atoms with van der Waals surface area (Å²) in [7, 11) is 0. The molecule has 1 aliphatic heterocycles. The lowest BCUT2D eigenvalue weighted by atomic mass is 10.0. The molecular weight excluding hydrogens is 258 g/mol. The highest BCUT2D eigenvalue weighted by atomic mass is 32.2. The molecule has 0 aromatic heterocycles. The highest BCUT2D eigenvalue weighted by Gasteiger charge is 2.25. The molecule has 1 saturated heterocycles. The van der Waals surface area contributed by atoms with Gasteiger partial charge in [-0.15, -0.1) is 0 Å². The number of ether oxygens (including phenoxy) is 1. The summed E-state index contributed by atoms with van der Waals surface area (Å²) in [6.45, 7) is 0.666. The maximum Gasteiger partial charge on any atom is 0.126 e. The Kier molecular flexibility index (Phi) is 4.94. The summed E-state index contributed by atoms with van der Waals surface area (Å²) in [6, 6.07) is 3.23. The minimum Gasteiger partial charge on any atom is -0.375 e. The summed E-state index contributed by atoms with van der Waals surface area (Å²) in [4.78, 5) is 0. The number of nitrogens with two attached hydrogens (primary N) is 1. The zero-order chi connectivity index (χ0) is 13.0. The summed E-state index contributed by atoms with van der Waals surface area (Å²) in [6.07, 6.45) is 0.238. The van der Waals surface area contributed by atoms with Crippen molar-refractivity contribution >= 4 is 11.8 Å².